The molecular weight excluding hydrogens is 748 g/mol. The summed E-state index contributed by atoms with van der Waals surface area (Å²) in [5.41, 5.74) is 10.4. The minimum atomic E-state index is -0.00314. The van der Waals surface area contributed by atoms with Crippen molar-refractivity contribution in [2.24, 2.45) is 0 Å². The van der Waals surface area contributed by atoms with E-state index < -0.39 is 0 Å². The summed E-state index contributed by atoms with van der Waals surface area (Å²) in [4.78, 5) is 10.6. The molecule has 5 heterocycles. The Morgan fingerprint density at radius 2 is 0.735 bits per heavy atom. The van der Waals surface area contributed by atoms with Crippen molar-refractivity contribution in [3.05, 3.63) is 158 Å². The maximum atomic E-state index is 2.66. The molecular formula is C40H26B2N4SSe2. The molecule has 230 valence electrons. The number of fused-ring (bicyclic) bond motifs is 15. The molecule has 0 fully saturated rings. The zero-order chi connectivity index (χ0) is 32.1. The molecule has 49 heavy (non-hydrogen) atoms. The zero-order valence-corrected chi connectivity index (χ0v) is 30.4. The molecule has 1 aromatic heterocycles. The molecule has 9 heteroatoms. The SMILES string of the molecule is c1ccc(N2B3c4ccccc4[Se]c4ccccc4N3c3sc4c(c32)N(c2ccccc2)B2c3ccccc3[Se]c3ccccc3N24)cc1. The fourth-order valence-corrected chi connectivity index (χ4v) is 13.8. The first kappa shape index (κ1) is 28.2. The van der Waals surface area contributed by atoms with Gasteiger partial charge in [0.05, 0.1) is 0 Å². The Hall–Kier alpha value is -4.61. The summed E-state index contributed by atoms with van der Waals surface area (Å²) in [6.45, 7) is -0.00628. The van der Waals surface area contributed by atoms with Gasteiger partial charge in [-0.3, -0.25) is 0 Å². The van der Waals surface area contributed by atoms with Crippen LogP contribution in [0.15, 0.2) is 158 Å². The first-order chi connectivity index (χ1) is 24.3. The molecule has 0 atom stereocenters. The zero-order valence-electron chi connectivity index (χ0n) is 26.2. The first-order valence-electron chi connectivity index (χ1n) is 16.5. The Balaban J connectivity index is 1.26. The number of hydrogen-bond acceptors (Lipinski definition) is 5. The number of rotatable bonds is 2. The van der Waals surface area contributed by atoms with E-state index >= 15 is 0 Å². The molecule has 4 aliphatic rings. The quantitative estimate of drug-likeness (QED) is 0.228. The third kappa shape index (κ3) is 4.05. The van der Waals surface area contributed by atoms with Gasteiger partial charge in [0.1, 0.15) is 0 Å². The van der Waals surface area contributed by atoms with Gasteiger partial charge in [0.15, 0.2) is 0 Å². The third-order valence-corrected chi connectivity index (χ3v) is 15.9. The van der Waals surface area contributed by atoms with Crippen molar-refractivity contribution < 1.29 is 0 Å². The maximum absolute atomic E-state index is 2.66. The van der Waals surface area contributed by atoms with Gasteiger partial charge in [-0.1, -0.05) is 0 Å². The van der Waals surface area contributed by atoms with E-state index in [9.17, 15) is 0 Å². The van der Waals surface area contributed by atoms with Gasteiger partial charge in [-0.25, -0.2) is 0 Å². The molecule has 0 amide bonds. The van der Waals surface area contributed by atoms with Crippen molar-refractivity contribution in [1.82, 2.24) is 0 Å². The average molecular weight is 774 g/mol. The topological polar surface area (TPSA) is 13.0 Å². The van der Waals surface area contributed by atoms with E-state index in [2.05, 4.69) is 177 Å². The van der Waals surface area contributed by atoms with Crippen molar-refractivity contribution in [2.45, 2.75) is 0 Å². The Labute approximate surface area is 303 Å². The average Bonchev–Trinajstić information content (AvgIpc) is 3.72. The minimum absolute atomic E-state index is 0.00314. The van der Waals surface area contributed by atoms with E-state index in [1.54, 1.807) is 0 Å². The first-order valence-corrected chi connectivity index (χ1v) is 20.7. The molecule has 0 saturated heterocycles. The van der Waals surface area contributed by atoms with E-state index in [1.165, 1.54) is 72.9 Å². The molecule has 4 nitrogen and oxygen atoms in total. The number of nitrogens with zero attached hydrogens (tertiary/aromatic N) is 4. The molecule has 0 aliphatic carbocycles. The van der Waals surface area contributed by atoms with Crippen LogP contribution in [-0.2, 0) is 0 Å². The van der Waals surface area contributed by atoms with Crippen LogP contribution in [0.1, 0.15) is 0 Å². The van der Waals surface area contributed by atoms with Crippen LogP contribution >= 0.6 is 11.3 Å². The van der Waals surface area contributed by atoms with E-state index in [4.69, 9.17) is 0 Å². The molecule has 0 saturated carbocycles. The summed E-state index contributed by atoms with van der Waals surface area (Å²) < 4.78 is 5.74. The monoisotopic (exact) mass is 776 g/mol. The van der Waals surface area contributed by atoms with Crippen LogP contribution in [0, 0.1) is 0 Å². The number of hydrogen-bond donors (Lipinski definition) is 0. The van der Waals surface area contributed by atoms with Gasteiger partial charge in [-0.2, -0.15) is 0 Å². The molecule has 7 aromatic rings. The van der Waals surface area contributed by atoms with Crippen molar-refractivity contribution in [2.75, 3.05) is 19.2 Å². The molecule has 6 aromatic carbocycles. The van der Waals surface area contributed by atoms with Crippen LogP contribution in [0.5, 0.6) is 0 Å². The van der Waals surface area contributed by atoms with Gasteiger partial charge >= 0.3 is 305 Å². The number of benzene rings is 6. The summed E-state index contributed by atoms with van der Waals surface area (Å²) in [5, 5.41) is 2.61. The normalized spacial score (nSPS) is 14.9. The van der Waals surface area contributed by atoms with Gasteiger partial charge in [0, 0.05) is 0 Å². The van der Waals surface area contributed by atoms with Crippen LogP contribution < -0.4 is 48.0 Å². The Kier molecular flexibility index (Phi) is 6.31. The van der Waals surface area contributed by atoms with Gasteiger partial charge in [0.25, 0.3) is 0 Å². The molecule has 4 aliphatic heterocycles. The Morgan fingerprint density at radius 3 is 1.18 bits per heavy atom. The second-order valence-electron chi connectivity index (χ2n) is 12.5. The predicted molar refractivity (Wildman–Crippen MR) is 212 cm³/mol. The third-order valence-electron chi connectivity index (χ3n) is 9.87. The van der Waals surface area contributed by atoms with E-state index in [0.29, 0.717) is 0 Å². The van der Waals surface area contributed by atoms with Crippen molar-refractivity contribution >= 4 is 128 Å². The van der Waals surface area contributed by atoms with Crippen LogP contribution in [-0.4, -0.2) is 43.9 Å². The Morgan fingerprint density at radius 1 is 0.367 bits per heavy atom. The van der Waals surface area contributed by atoms with Crippen molar-refractivity contribution in [1.29, 1.82) is 0 Å². The Bertz CT molecular complexity index is 2260. The van der Waals surface area contributed by atoms with Gasteiger partial charge in [-0.15, -0.1) is 0 Å². The van der Waals surface area contributed by atoms with Crippen LogP contribution in [0.4, 0.5) is 44.1 Å². The van der Waals surface area contributed by atoms with Crippen molar-refractivity contribution in [3.63, 3.8) is 0 Å². The summed E-state index contributed by atoms with van der Waals surface area (Å²) in [7, 11) is 0. The van der Waals surface area contributed by atoms with Gasteiger partial charge in [-0.05, 0) is 0 Å². The second kappa shape index (κ2) is 10.9. The number of anilines is 8. The van der Waals surface area contributed by atoms with Gasteiger partial charge < -0.3 is 0 Å². The summed E-state index contributed by atoms with van der Waals surface area (Å²) >= 11 is 2.34. The van der Waals surface area contributed by atoms with E-state index in [0.717, 1.165) is 0 Å². The predicted octanol–water partition coefficient (Wildman–Crippen LogP) is 5.06. The van der Waals surface area contributed by atoms with E-state index in [1.807, 2.05) is 11.3 Å². The van der Waals surface area contributed by atoms with Gasteiger partial charge in [0.2, 0.25) is 0 Å². The standard InChI is InChI=1S/C40H26B2N4SSe2/c1-3-15-27(16-4-1)43-37-38-40(47-39(37)45-31-21-9-13-25-35(31)48-33-23-11-7-19-29(33)41(43)45)46-32-22-10-14-26-36(32)49-34-24-12-8-20-30(34)42(46)44(38)28-17-5-2-6-18-28/h1-26H. The van der Waals surface area contributed by atoms with Crippen LogP contribution in [0.2, 0.25) is 0 Å². The van der Waals surface area contributed by atoms with Crippen LogP contribution in [0.25, 0.3) is 0 Å². The number of para-hydroxylation sites is 4. The molecule has 0 N–H and O–H groups in total. The summed E-state index contributed by atoms with van der Waals surface area (Å²) in [5.74, 6) is 0. The summed E-state index contributed by atoms with van der Waals surface area (Å²) in [6.07, 6.45) is 0. The molecule has 0 bridgehead atoms. The fourth-order valence-electron chi connectivity index (χ4n) is 7.90. The fraction of sp³-hybridized carbons (Fsp3) is 0. The second-order valence-corrected chi connectivity index (χ2v) is 18.0. The van der Waals surface area contributed by atoms with Crippen molar-refractivity contribution in [3.8, 4) is 0 Å². The number of thiophene rings is 1. The summed E-state index contributed by atoms with van der Waals surface area (Å²) in [6, 6.07) is 58.7. The molecule has 0 spiro atoms. The van der Waals surface area contributed by atoms with E-state index in [-0.39, 0.29) is 43.9 Å². The molecule has 11 rings (SSSR count). The van der Waals surface area contributed by atoms with Crippen LogP contribution in [0.3, 0.4) is 0 Å². The molecule has 0 radical (unpaired) electrons. The molecule has 0 unspecified atom stereocenters.